The summed E-state index contributed by atoms with van der Waals surface area (Å²) in [5, 5.41) is 7.42. The van der Waals surface area contributed by atoms with Crippen molar-refractivity contribution in [3.63, 3.8) is 0 Å². The van der Waals surface area contributed by atoms with Crippen LogP contribution in [0.4, 0.5) is 0 Å². The van der Waals surface area contributed by atoms with E-state index in [1.807, 2.05) is 6.92 Å². The van der Waals surface area contributed by atoms with Gasteiger partial charge in [-0.1, -0.05) is 0 Å². The third kappa shape index (κ3) is 2.19. The van der Waals surface area contributed by atoms with E-state index in [0.29, 0.717) is 11.9 Å². The third-order valence-electron chi connectivity index (χ3n) is 2.19. The molecule has 0 aromatic heterocycles. The van der Waals surface area contributed by atoms with Gasteiger partial charge in [0, 0.05) is 20.2 Å². The Morgan fingerprint density at radius 1 is 1.64 bits per heavy atom. The lowest BCUT2D eigenvalue weighted by molar-refractivity contribution is 0.0532. The zero-order valence-corrected chi connectivity index (χ0v) is 7.26. The van der Waals surface area contributed by atoms with Crippen molar-refractivity contribution in [3.05, 3.63) is 0 Å². The van der Waals surface area contributed by atoms with Crippen LogP contribution in [0.3, 0.4) is 0 Å². The fraction of sp³-hybridized carbons (Fsp3) is 0.875. The summed E-state index contributed by atoms with van der Waals surface area (Å²) in [6, 6.07) is 0. The van der Waals surface area contributed by atoms with Crippen molar-refractivity contribution in [2.45, 2.75) is 25.9 Å². The van der Waals surface area contributed by atoms with Crippen molar-refractivity contribution >= 4 is 5.84 Å². The summed E-state index contributed by atoms with van der Waals surface area (Å²) in [6.07, 6.45) is 2.62. The molecule has 0 aromatic carbocycles. The molecular formula is C8H16N2O. The number of rotatable bonds is 1. The van der Waals surface area contributed by atoms with Crippen LogP contribution in [-0.4, -0.2) is 37.0 Å². The summed E-state index contributed by atoms with van der Waals surface area (Å²) < 4.78 is 5.23. The molecular weight excluding hydrogens is 140 g/mol. The van der Waals surface area contributed by atoms with Gasteiger partial charge in [0.2, 0.25) is 0 Å². The van der Waals surface area contributed by atoms with Gasteiger partial charge in [-0.3, -0.25) is 5.41 Å². The van der Waals surface area contributed by atoms with Crippen molar-refractivity contribution in [2.75, 3.05) is 20.2 Å². The van der Waals surface area contributed by atoms with Crippen LogP contribution in [0.1, 0.15) is 19.8 Å². The van der Waals surface area contributed by atoms with Crippen LogP contribution < -0.4 is 0 Å². The molecule has 0 bridgehead atoms. The molecule has 0 saturated carbocycles. The van der Waals surface area contributed by atoms with E-state index in [1.165, 1.54) is 0 Å². The minimum atomic E-state index is 0.337. The Kier molecular flexibility index (Phi) is 2.88. The second-order valence-electron chi connectivity index (χ2n) is 3.03. The van der Waals surface area contributed by atoms with Crippen LogP contribution >= 0.6 is 0 Å². The highest BCUT2D eigenvalue weighted by atomic mass is 16.5. The number of amidine groups is 1. The summed E-state index contributed by atoms with van der Waals surface area (Å²) in [7, 11) is 1.74. The maximum absolute atomic E-state index is 7.42. The molecule has 1 aliphatic rings. The molecule has 1 heterocycles. The number of hydrogen-bond acceptors (Lipinski definition) is 2. The van der Waals surface area contributed by atoms with Crippen LogP contribution in [-0.2, 0) is 4.74 Å². The molecule has 3 heteroatoms. The molecule has 1 unspecified atom stereocenters. The normalized spacial score (nSPS) is 25.3. The minimum Gasteiger partial charge on any atom is -0.380 e. The fourth-order valence-corrected chi connectivity index (χ4v) is 1.44. The first kappa shape index (κ1) is 8.53. The van der Waals surface area contributed by atoms with Gasteiger partial charge in [0.25, 0.3) is 0 Å². The average Bonchev–Trinajstić information content (AvgIpc) is 2.05. The van der Waals surface area contributed by atoms with E-state index in [9.17, 15) is 0 Å². The highest BCUT2D eigenvalue weighted by molar-refractivity contribution is 5.76. The maximum Gasteiger partial charge on any atom is 0.0926 e. The standard InChI is InChI=1S/C8H16N2O/c1-7(9)10-5-3-4-8(6-10)11-2/h8-9H,3-6H2,1-2H3. The summed E-state index contributed by atoms with van der Waals surface area (Å²) in [4.78, 5) is 2.07. The molecule has 0 aliphatic carbocycles. The number of methoxy groups -OCH3 is 1. The van der Waals surface area contributed by atoms with E-state index < -0.39 is 0 Å². The summed E-state index contributed by atoms with van der Waals surface area (Å²) >= 11 is 0. The van der Waals surface area contributed by atoms with Crippen LogP contribution in [0, 0.1) is 5.41 Å². The first-order valence-electron chi connectivity index (χ1n) is 4.07. The van der Waals surface area contributed by atoms with Crippen molar-refractivity contribution in [2.24, 2.45) is 0 Å². The van der Waals surface area contributed by atoms with E-state index in [4.69, 9.17) is 10.1 Å². The van der Waals surface area contributed by atoms with Crippen molar-refractivity contribution in [1.29, 1.82) is 5.41 Å². The van der Waals surface area contributed by atoms with Gasteiger partial charge in [-0.15, -0.1) is 0 Å². The summed E-state index contributed by atoms with van der Waals surface area (Å²) in [5.74, 6) is 0.659. The van der Waals surface area contributed by atoms with E-state index >= 15 is 0 Å². The Labute approximate surface area is 67.8 Å². The van der Waals surface area contributed by atoms with Gasteiger partial charge < -0.3 is 9.64 Å². The number of ether oxygens (including phenoxy) is 1. The van der Waals surface area contributed by atoms with E-state index in [0.717, 1.165) is 25.9 Å². The van der Waals surface area contributed by atoms with Crippen LogP contribution in [0.15, 0.2) is 0 Å². The molecule has 0 radical (unpaired) electrons. The number of piperidine rings is 1. The lowest BCUT2D eigenvalue weighted by Crippen LogP contribution is -2.41. The highest BCUT2D eigenvalue weighted by Crippen LogP contribution is 2.11. The first-order valence-corrected chi connectivity index (χ1v) is 4.07. The van der Waals surface area contributed by atoms with Crippen LogP contribution in [0.2, 0.25) is 0 Å². The molecule has 64 valence electrons. The van der Waals surface area contributed by atoms with Gasteiger partial charge >= 0.3 is 0 Å². The number of likely N-dealkylation sites (tertiary alicyclic amines) is 1. The summed E-state index contributed by atoms with van der Waals surface area (Å²) in [6.45, 7) is 3.75. The second-order valence-corrected chi connectivity index (χ2v) is 3.03. The molecule has 3 nitrogen and oxygen atoms in total. The smallest absolute Gasteiger partial charge is 0.0926 e. The topological polar surface area (TPSA) is 36.3 Å². The van der Waals surface area contributed by atoms with Gasteiger partial charge in [-0.2, -0.15) is 0 Å². The molecule has 1 atom stereocenters. The van der Waals surface area contributed by atoms with Crippen LogP contribution in [0.5, 0.6) is 0 Å². The number of hydrogen-bond donors (Lipinski definition) is 1. The average molecular weight is 156 g/mol. The number of nitrogens with zero attached hydrogens (tertiary/aromatic N) is 1. The third-order valence-corrected chi connectivity index (χ3v) is 2.19. The summed E-state index contributed by atoms with van der Waals surface area (Å²) in [5.41, 5.74) is 0. The lowest BCUT2D eigenvalue weighted by Gasteiger charge is -2.32. The predicted octanol–water partition coefficient (Wildman–Crippen LogP) is 1.09. The molecule has 1 fully saturated rings. The lowest BCUT2D eigenvalue weighted by atomic mass is 10.1. The minimum absolute atomic E-state index is 0.337. The second kappa shape index (κ2) is 3.72. The monoisotopic (exact) mass is 156 g/mol. The van der Waals surface area contributed by atoms with E-state index in [-0.39, 0.29) is 0 Å². The van der Waals surface area contributed by atoms with Crippen LogP contribution in [0.25, 0.3) is 0 Å². The zero-order valence-electron chi connectivity index (χ0n) is 7.26. The Balaban J connectivity index is 2.39. The SMILES string of the molecule is COC1CCCN(C(C)=N)C1. The van der Waals surface area contributed by atoms with Gasteiger partial charge in [0.05, 0.1) is 11.9 Å². The van der Waals surface area contributed by atoms with Crippen molar-refractivity contribution in [1.82, 2.24) is 4.90 Å². The largest absolute Gasteiger partial charge is 0.380 e. The van der Waals surface area contributed by atoms with Gasteiger partial charge in [0.15, 0.2) is 0 Å². The van der Waals surface area contributed by atoms with Gasteiger partial charge in [-0.05, 0) is 19.8 Å². The Morgan fingerprint density at radius 2 is 2.36 bits per heavy atom. The molecule has 0 amide bonds. The van der Waals surface area contributed by atoms with Gasteiger partial charge in [0.1, 0.15) is 0 Å². The van der Waals surface area contributed by atoms with Crippen molar-refractivity contribution < 1.29 is 4.74 Å². The van der Waals surface area contributed by atoms with Gasteiger partial charge in [-0.25, -0.2) is 0 Å². The molecule has 1 aliphatic heterocycles. The Bertz CT molecular complexity index is 147. The Hall–Kier alpha value is -0.570. The molecule has 11 heavy (non-hydrogen) atoms. The quantitative estimate of drug-likeness (QED) is 0.456. The van der Waals surface area contributed by atoms with Crippen molar-refractivity contribution in [3.8, 4) is 0 Å². The first-order chi connectivity index (χ1) is 5.24. The molecule has 0 aromatic rings. The predicted molar refractivity (Wildman–Crippen MR) is 45.0 cm³/mol. The Morgan fingerprint density at radius 3 is 2.91 bits per heavy atom. The maximum atomic E-state index is 7.42. The fourth-order valence-electron chi connectivity index (χ4n) is 1.44. The molecule has 0 spiro atoms. The molecule has 1 N–H and O–H groups in total. The van der Waals surface area contributed by atoms with E-state index in [2.05, 4.69) is 4.90 Å². The highest BCUT2D eigenvalue weighted by Gasteiger charge is 2.18. The zero-order chi connectivity index (χ0) is 8.27. The molecule has 1 rings (SSSR count). The number of nitrogens with one attached hydrogen (secondary N) is 1. The van der Waals surface area contributed by atoms with E-state index in [1.54, 1.807) is 7.11 Å². The molecule has 1 saturated heterocycles.